The topological polar surface area (TPSA) is 80.7 Å². The summed E-state index contributed by atoms with van der Waals surface area (Å²) < 4.78 is 0. The second-order valence-electron chi connectivity index (χ2n) is 8.61. The number of nitrogens with one attached hydrogen (secondary N) is 2. The number of nitrogens with zero attached hydrogens (tertiary/aromatic N) is 3. The highest BCUT2D eigenvalue weighted by atomic mass is 35.5. The van der Waals surface area contributed by atoms with Crippen LogP contribution in [0.25, 0.3) is 0 Å². The Morgan fingerprint density at radius 1 is 1.34 bits per heavy atom. The third-order valence-corrected chi connectivity index (χ3v) is 6.75. The molecular weight excluding hydrogens is 449 g/mol. The summed E-state index contributed by atoms with van der Waals surface area (Å²) in [4.78, 5) is 21.2. The zero-order valence-corrected chi connectivity index (χ0v) is 21.3. The van der Waals surface area contributed by atoms with Gasteiger partial charge >= 0.3 is 0 Å². The molecule has 1 saturated heterocycles. The number of rotatable bonds is 12. The second-order valence-corrected chi connectivity index (χ2v) is 9.36. The van der Waals surface area contributed by atoms with E-state index in [0.717, 1.165) is 63.8 Å². The number of likely N-dealkylation sites (tertiary alicyclic amines) is 1. The number of hydrogen-bond donors (Lipinski definition) is 3. The monoisotopic (exact) mass is 487 g/mol. The molecule has 0 bridgehead atoms. The van der Waals surface area contributed by atoms with Crippen LogP contribution in [0.5, 0.6) is 0 Å². The number of hydrogen-bond acceptors (Lipinski definition) is 6. The molecule has 0 aliphatic carbocycles. The highest BCUT2D eigenvalue weighted by Gasteiger charge is 2.29. The van der Waals surface area contributed by atoms with Crippen LogP contribution in [-0.4, -0.2) is 77.0 Å². The molecule has 2 atom stereocenters. The maximum atomic E-state index is 12.5. The maximum Gasteiger partial charge on any atom is 0.254 e. The second kappa shape index (κ2) is 13.7. The Morgan fingerprint density at radius 2 is 2.03 bits per heavy atom. The van der Waals surface area contributed by atoms with Gasteiger partial charge in [-0.1, -0.05) is 43.5 Å². The van der Waals surface area contributed by atoms with Gasteiger partial charge in [0, 0.05) is 25.2 Å². The standard InChI is InChI=1S/C23H39Cl2N5O2/c1-5-7-12-30(23(32)26-6-2)18-9-13-29(14-10-18)17(4)8-11-27-22(31)20-16(3)15-19(24)28-21(20)25/h15,17-18,23,26,32H,5-14H2,1-4H3,(H,27,31)/t17-,23?/m1/s1. The van der Waals surface area contributed by atoms with E-state index in [2.05, 4.69) is 39.3 Å². The third kappa shape index (κ3) is 7.82. The summed E-state index contributed by atoms with van der Waals surface area (Å²) in [5, 5.41) is 17.1. The molecule has 1 unspecified atom stereocenters. The average molecular weight is 489 g/mol. The number of unbranched alkanes of at least 4 members (excludes halogenated alkanes) is 1. The van der Waals surface area contributed by atoms with Gasteiger partial charge in [0.05, 0.1) is 5.56 Å². The van der Waals surface area contributed by atoms with Crippen LogP contribution in [0.4, 0.5) is 0 Å². The fourth-order valence-corrected chi connectivity index (χ4v) is 4.95. The van der Waals surface area contributed by atoms with Crippen LogP contribution in [-0.2, 0) is 0 Å². The van der Waals surface area contributed by atoms with Gasteiger partial charge in [-0.15, -0.1) is 0 Å². The molecule has 3 N–H and O–H groups in total. The minimum absolute atomic E-state index is 0.134. The van der Waals surface area contributed by atoms with Gasteiger partial charge in [-0.3, -0.25) is 15.0 Å². The lowest BCUT2D eigenvalue weighted by Crippen LogP contribution is -2.55. The van der Waals surface area contributed by atoms with Crippen LogP contribution >= 0.6 is 23.2 Å². The van der Waals surface area contributed by atoms with Gasteiger partial charge in [0.2, 0.25) is 0 Å². The molecule has 32 heavy (non-hydrogen) atoms. The predicted octanol–water partition coefficient (Wildman–Crippen LogP) is 3.66. The molecule has 1 aromatic heterocycles. The van der Waals surface area contributed by atoms with E-state index in [1.807, 2.05) is 6.92 Å². The first-order valence-corrected chi connectivity index (χ1v) is 12.6. The first-order valence-electron chi connectivity index (χ1n) is 11.8. The maximum absolute atomic E-state index is 12.5. The van der Waals surface area contributed by atoms with Gasteiger partial charge < -0.3 is 15.3 Å². The molecule has 182 valence electrons. The zero-order chi connectivity index (χ0) is 23.7. The SMILES string of the molecule is CCCCN(C1CCN([C@H](C)CCNC(=O)c2c(C)cc(Cl)nc2Cl)CC1)C(O)NCC. The number of halogens is 2. The van der Waals surface area contributed by atoms with Gasteiger partial charge in [-0.05, 0) is 70.8 Å². The van der Waals surface area contributed by atoms with Crippen LogP contribution in [0.2, 0.25) is 10.3 Å². The van der Waals surface area contributed by atoms with Crippen molar-refractivity contribution in [2.75, 3.05) is 32.7 Å². The molecule has 0 spiro atoms. The molecule has 1 amide bonds. The summed E-state index contributed by atoms with van der Waals surface area (Å²) in [7, 11) is 0. The molecular formula is C23H39Cl2N5O2. The van der Waals surface area contributed by atoms with E-state index in [4.69, 9.17) is 23.2 Å². The molecule has 1 aliphatic heterocycles. The molecule has 9 heteroatoms. The van der Waals surface area contributed by atoms with Crippen molar-refractivity contribution in [3.05, 3.63) is 27.5 Å². The van der Waals surface area contributed by atoms with Crippen molar-refractivity contribution in [2.45, 2.75) is 78.2 Å². The van der Waals surface area contributed by atoms with E-state index in [1.165, 1.54) is 0 Å². The highest BCUT2D eigenvalue weighted by molar-refractivity contribution is 6.34. The Labute approximate surface area is 202 Å². The Hall–Kier alpha value is -0.960. The van der Waals surface area contributed by atoms with Crippen LogP contribution in [0.3, 0.4) is 0 Å². The molecule has 1 aromatic rings. The average Bonchev–Trinajstić information content (AvgIpc) is 2.74. The van der Waals surface area contributed by atoms with Gasteiger partial charge in [-0.2, -0.15) is 0 Å². The van der Waals surface area contributed by atoms with Gasteiger partial charge in [0.1, 0.15) is 10.3 Å². The summed E-state index contributed by atoms with van der Waals surface area (Å²) in [6.45, 7) is 12.4. The summed E-state index contributed by atoms with van der Waals surface area (Å²) in [5.74, 6) is -0.216. The number of piperidine rings is 1. The first kappa shape index (κ1) is 27.3. The number of pyridine rings is 1. The smallest absolute Gasteiger partial charge is 0.254 e. The van der Waals surface area contributed by atoms with Crippen LogP contribution in [0.15, 0.2) is 6.07 Å². The Morgan fingerprint density at radius 3 is 2.62 bits per heavy atom. The lowest BCUT2D eigenvalue weighted by Gasteiger charge is -2.42. The molecule has 7 nitrogen and oxygen atoms in total. The predicted molar refractivity (Wildman–Crippen MR) is 131 cm³/mol. The summed E-state index contributed by atoms with van der Waals surface area (Å²) in [6.07, 6.45) is 4.56. The molecule has 0 saturated carbocycles. The lowest BCUT2D eigenvalue weighted by atomic mass is 10.0. The van der Waals surface area contributed by atoms with E-state index in [0.29, 0.717) is 24.2 Å². The Balaban J connectivity index is 1.81. The first-order chi connectivity index (χ1) is 15.3. The largest absolute Gasteiger partial charge is 0.365 e. The van der Waals surface area contributed by atoms with Gasteiger partial charge in [-0.25, -0.2) is 4.98 Å². The number of amides is 1. The number of carbonyl (C=O) groups excluding carboxylic acids is 1. The number of aliphatic hydroxyl groups is 1. The molecule has 2 heterocycles. The van der Waals surface area contributed by atoms with Crippen LogP contribution in [0.1, 0.15) is 68.8 Å². The van der Waals surface area contributed by atoms with E-state index >= 15 is 0 Å². The number of carbonyl (C=O) groups is 1. The fourth-order valence-electron chi connectivity index (χ4n) is 4.34. The van der Waals surface area contributed by atoms with Crippen molar-refractivity contribution in [3.63, 3.8) is 0 Å². The lowest BCUT2D eigenvalue weighted by molar-refractivity contribution is -0.0631. The summed E-state index contributed by atoms with van der Waals surface area (Å²) in [5.41, 5.74) is 1.10. The van der Waals surface area contributed by atoms with Crippen molar-refractivity contribution in [1.82, 2.24) is 25.4 Å². The third-order valence-electron chi connectivity index (χ3n) is 6.28. The van der Waals surface area contributed by atoms with Crippen molar-refractivity contribution >= 4 is 29.1 Å². The van der Waals surface area contributed by atoms with Gasteiger partial charge in [0.15, 0.2) is 6.35 Å². The number of aryl methyl sites for hydroxylation is 1. The van der Waals surface area contributed by atoms with Crippen molar-refractivity contribution in [1.29, 1.82) is 0 Å². The highest BCUT2D eigenvalue weighted by Crippen LogP contribution is 2.22. The van der Waals surface area contributed by atoms with E-state index in [1.54, 1.807) is 13.0 Å². The molecule has 1 aliphatic rings. The minimum Gasteiger partial charge on any atom is -0.365 e. The van der Waals surface area contributed by atoms with Crippen molar-refractivity contribution in [2.24, 2.45) is 0 Å². The molecule has 2 rings (SSSR count). The van der Waals surface area contributed by atoms with Crippen LogP contribution in [0, 0.1) is 6.92 Å². The Kier molecular flexibility index (Phi) is 11.7. The number of aliphatic hydroxyl groups excluding tert-OH is 1. The van der Waals surface area contributed by atoms with Crippen molar-refractivity contribution in [3.8, 4) is 0 Å². The normalized spacial score (nSPS) is 17.5. The summed E-state index contributed by atoms with van der Waals surface area (Å²) in [6, 6.07) is 2.39. The zero-order valence-electron chi connectivity index (χ0n) is 19.8. The minimum atomic E-state index is -0.576. The summed E-state index contributed by atoms with van der Waals surface area (Å²) >= 11 is 12.0. The van der Waals surface area contributed by atoms with E-state index in [-0.39, 0.29) is 16.2 Å². The number of aromatic nitrogens is 1. The Bertz CT molecular complexity index is 705. The van der Waals surface area contributed by atoms with Crippen LogP contribution < -0.4 is 10.6 Å². The molecule has 1 fully saturated rings. The molecule has 0 aromatic carbocycles. The fraction of sp³-hybridized carbons (Fsp3) is 0.739. The van der Waals surface area contributed by atoms with E-state index < -0.39 is 6.35 Å². The van der Waals surface area contributed by atoms with Crippen molar-refractivity contribution < 1.29 is 9.90 Å². The molecule has 0 radical (unpaired) electrons. The van der Waals surface area contributed by atoms with E-state index in [9.17, 15) is 9.90 Å². The van der Waals surface area contributed by atoms with Gasteiger partial charge in [0.25, 0.3) is 5.91 Å². The quantitative estimate of drug-likeness (QED) is 0.308.